The van der Waals surface area contributed by atoms with E-state index in [-0.39, 0.29) is 18.3 Å². The maximum atomic E-state index is 12.9. The summed E-state index contributed by atoms with van der Waals surface area (Å²) in [6.45, 7) is 0.409. The zero-order valence-electron chi connectivity index (χ0n) is 8.57. The topological polar surface area (TPSA) is 58.6 Å². The Bertz CT molecular complexity index is 408. The van der Waals surface area contributed by atoms with Crippen LogP contribution < -0.4 is 10.1 Å². The van der Waals surface area contributed by atoms with Crippen LogP contribution in [0.4, 0.5) is 10.1 Å². The Morgan fingerprint density at radius 2 is 2.44 bits per heavy atom. The molecule has 1 heterocycles. The Labute approximate surface area is 92.0 Å². The first-order chi connectivity index (χ1) is 7.65. The molecule has 1 unspecified atom stereocenters. The average molecular weight is 225 g/mol. The number of rotatable bonds is 3. The van der Waals surface area contributed by atoms with E-state index in [0.29, 0.717) is 24.5 Å². The van der Waals surface area contributed by atoms with E-state index >= 15 is 0 Å². The highest BCUT2D eigenvalue weighted by atomic mass is 19.1. The third-order valence-electron chi connectivity index (χ3n) is 2.45. The minimum Gasteiger partial charge on any atom is -0.489 e. The lowest BCUT2D eigenvalue weighted by molar-refractivity contribution is -0.137. The molecular formula is C11H12FNO3. The summed E-state index contributed by atoms with van der Waals surface area (Å²) in [4.78, 5) is 10.4. The lowest BCUT2D eigenvalue weighted by Gasteiger charge is -2.27. The fraction of sp³-hybridized carbons (Fsp3) is 0.364. The molecule has 1 aromatic carbocycles. The molecular weight excluding hydrogens is 213 g/mol. The Balaban J connectivity index is 2.02. The fourth-order valence-electron chi connectivity index (χ4n) is 1.65. The SMILES string of the molecule is O=C(O)CCC1COc2ccc(F)cc2N1. The summed E-state index contributed by atoms with van der Waals surface area (Å²) in [5.74, 6) is -0.575. The number of benzene rings is 1. The number of anilines is 1. The first-order valence-electron chi connectivity index (χ1n) is 5.06. The van der Waals surface area contributed by atoms with Crippen molar-refractivity contribution in [3.05, 3.63) is 24.0 Å². The van der Waals surface area contributed by atoms with Crippen molar-refractivity contribution in [1.29, 1.82) is 0 Å². The van der Waals surface area contributed by atoms with Crippen molar-refractivity contribution in [1.82, 2.24) is 0 Å². The predicted octanol–water partition coefficient (Wildman–Crippen LogP) is 1.86. The van der Waals surface area contributed by atoms with Gasteiger partial charge in [0.25, 0.3) is 0 Å². The summed E-state index contributed by atoms with van der Waals surface area (Å²) in [6.07, 6.45) is 0.539. The standard InChI is InChI=1S/C11H12FNO3/c12-7-1-3-10-9(5-7)13-8(6-16-10)2-4-11(14)15/h1,3,5,8,13H,2,4,6H2,(H,14,15). The molecule has 0 saturated heterocycles. The second-order valence-corrected chi connectivity index (χ2v) is 3.73. The number of carboxylic acid groups (broad SMARTS) is 1. The maximum absolute atomic E-state index is 12.9. The quantitative estimate of drug-likeness (QED) is 0.824. The number of halogens is 1. The molecule has 0 fully saturated rings. The summed E-state index contributed by atoms with van der Waals surface area (Å²) in [7, 11) is 0. The molecule has 0 saturated carbocycles. The van der Waals surface area contributed by atoms with Crippen molar-refractivity contribution in [2.75, 3.05) is 11.9 Å². The summed E-state index contributed by atoms with van der Waals surface area (Å²) in [5, 5.41) is 11.6. The van der Waals surface area contributed by atoms with Gasteiger partial charge >= 0.3 is 5.97 Å². The number of fused-ring (bicyclic) bond motifs is 1. The number of nitrogens with one attached hydrogen (secondary N) is 1. The van der Waals surface area contributed by atoms with Gasteiger partial charge < -0.3 is 15.2 Å². The molecule has 86 valence electrons. The fourth-order valence-corrected chi connectivity index (χ4v) is 1.65. The van der Waals surface area contributed by atoms with E-state index in [0.717, 1.165) is 0 Å². The van der Waals surface area contributed by atoms with Crippen LogP contribution in [0, 0.1) is 5.82 Å². The van der Waals surface area contributed by atoms with E-state index in [2.05, 4.69) is 5.32 Å². The zero-order valence-corrected chi connectivity index (χ0v) is 8.57. The van der Waals surface area contributed by atoms with Crippen molar-refractivity contribution >= 4 is 11.7 Å². The second kappa shape index (κ2) is 4.38. The van der Waals surface area contributed by atoms with Gasteiger partial charge in [-0.15, -0.1) is 0 Å². The van der Waals surface area contributed by atoms with Crippen molar-refractivity contribution in [3.63, 3.8) is 0 Å². The van der Waals surface area contributed by atoms with Crippen LogP contribution in [0.5, 0.6) is 5.75 Å². The number of hydrogen-bond donors (Lipinski definition) is 2. The summed E-state index contributed by atoms with van der Waals surface area (Å²) < 4.78 is 18.3. The molecule has 1 aliphatic heterocycles. The molecule has 0 aromatic heterocycles. The Hall–Kier alpha value is -1.78. The smallest absolute Gasteiger partial charge is 0.303 e. The molecule has 1 atom stereocenters. The largest absolute Gasteiger partial charge is 0.489 e. The highest BCUT2D eigenvalue weighted by Gasteiger charge is 2.19. The van der Waals surface area contributed by atoms with Crippen molar-refractivity contribution in [3.8, 4) is 5.75 Å². The number of ether oxygens (including phenoxy) is 1. The van der Waals surface area contributed by atoms with E-state index in [4.69, 9.17) is 9.84 Å². The van der Waals surface area contributed by atoms with Gasteiger partial charge in [0.05, 0.1) is 11.7 Å². The van der Waals surface area contributed by atoms with E-state index in [9.17, 15) is 9.18 Å². The molecule has 5 heteroatoms. The Morgan fingerprint density at radius 1 is 1.62 bits per heavy atom. The molecule has 0 radical (unpaired) electrons. The average Bonchev–Trinajstić information content (AvgIpc) is 2.25. The van der Waals surface area contributed by atoms with E-state index in [1.165, 1.54) is 12.1 Å². The molecule has 2 rings (SSSR count). The number of carboxylic acids is 1. The van der Waals surface area contributed by atoms with Crippen LogP contribution in [0.15, 0.2) is 18.2 Å². The van der Waals surface area contributed by atoms with Gasteiger partial charge in [0.15, 0.2) is 0 Å². The van der Waals surface area contributed by atoms with Crippen LogP contribution in [0.1, 0.15) is 12.8 Å². The minimum atomic E-state index is -0.841. The van der Waals surface area contributed by atoms with Gasteiger partial charge in [-0.2, -0.15) is 0 Å². The summed E-state index contributed by atoms with van der Waals surface area (Å²) in [5.41, 5.74) is 0.585. The van der Waals surface area contributed by atoms with Gasteiger partial charge in [0.1, 0.15) is 18.2 Å². The van der Waals surface area contributed by atoms with Crippen LogP contribution >= 0.6 is 0 Å². The molecule has 0 aliphatic carbocycles. The summed E-state index contributed by atoms with van der Waals surface area (Å²) in [6, 6.07) is 4.16. The maximum Gasteiger partial charge on any atom is 0.303 e. The molecule has 0 amide bonds. The third-order valence-corrected chi connectivity index (χ3v) is 2.45. The third kappa shape index (κ3) is 2.42. The molecule has 0 spiro atoms. The minimum absolute atomic E-state index is 0.0751. The monoisotopic (exact) mass is 225 g/mol. The van der Waals surface area contributed by atoms with Crippen LogP contribution in [0.3, 0.4) is 0 Å². The first-order valence-corrected chi connectivity index (χ1v) is 5.06. The molecule has 16 heavy (non-hydrogen) atoms. The van der Waals surface area contributed by atoms with Gasteiger partial charge in [-0.1, -0.05) is 0 Å². The van der Waals surface area contributed by atoms with Crippen LogP contribution in [-0.4, -0.2) is 23.7 Å². The number of hydrogen-bond acceptors (Lipinski definition) is 3. The van der Waals surface area contributed by atoms with Crippen LogP contribution in [0.2, 0.25) is 0 Å². The zero-order chi connectivity index (χ0) is 11.5. The Morgan fingerprint density at radius 3 is 3.19 bits per heavy atom. The summed E-state index contributed by atoms with van der Waals surface area (Å²) >= 11 is 0. The van der Waals surface area contributed by atoms with Crippen LogP contribution in [-0.2, 0) is 4.79 Å². The molecule has 1 aromatic rings. The molecule has 1 aliphatic rings. The van der Waals surface area contributed by atoms with E-state index < -0.39 is 5.97 Å². The predicted molar refractivity (Wildman–Crippen MR) is 56.2 cm³/mol. The van der Waals surface area contributed by atoms with E-state index in [1.54, 1.807) is 6.07 Å². The van der Waals surface area contributed by atoms with Crippen molar-refractivity contribution < 1.29 is 19.0 Å². The van der Waals surface area contributed by atoms with Crippen molar-refractivity contribution in [2.45, 2.75) is 18.9 Å². The molecule has 4 nitrogen and oxygen atoms in total. The number of carbonyl (C=O) groups is 1. The van der Waals surface area contributed by atoms with Crippen LogP contribution in [0.25, 0.3) is 0 Å². The van der Waals surface area contributed by atoms with Gasteiger partial charge in [-0.05, 0) is 18.6 Å². The normalized spacial score (nSPS) is 18.2. The van der Waals surface area contributed by atoms with E-state index in [1.807, 2.05) is 0 Å². The molecule has 0 bridgehead atoms. The van der Waals surface area contributed by atoms with Gasteiger partial charge in [0.2, 0.25) is 0 Å². The van der Waals surface area contributed by atoms with Gasteiger partial charge in [-0.3, -0.25) is 4.79 Å². The van der Waals surface area contributed by atoms with Gasteiger partial charge in [0, 0.05) is 12.5 Å². The van der Waals surface area contributed by atoms with Gasteiger partial charge in [-0.25, -0.2) is 4.39 Å². The first kappa shape index (κ1) is 10.7. The highest BCUT2D eigenvalue weighted by Crippen LogP contribution is 2.30. The lowest BCUT2D eigenvalue weighted by atomic mass is 10.1. The molecule has 2 N–H and O–H groups in total. The number of aliphatic carboxylic acids is 1. The van der Waals surface area contributed by atoms with Crippen molar-refractivity contribution in [2.24, 2.45) is 0 Å². The highest BCUT2D eigenvalue weighted by molar-refractivity contribution is 5.67. The Kier molecular flexibility index (Phi) is 2.94. The lowest BCUT2D eigenvalue weighted by Crippen LogP contribution is -2.31. The second-order valence-electron chi connectivity index (χ2n) is 3.73.